The van der Waals surface area contributed by atoms with Gasteiger partial charge in [-0.2, -0.15) is 10.3 Å². The molecule has 1 aromatic heterocycles. The summed E-state index contributed by atoms with van der Waals surface area (Å²) in [6.45, 7) is 0. The first kappa shape index (κ1) is 9.20. The van der Waals surface area contributed by atoms with E-state index in [1.807, 2.05) is 0 Å². The second-order valence-electron chi connectivity index (χ2n) is 2.83. The molecule has 0 saturated heterocycles. The highest BCUT2D eigenvalue weighted by Gasteiger charge is 2.05. The summed E-state index contributed by atoms with van der Waals surface area (Å²) in [4.78, 5) is 0. The maximum Gasteiger partial charge on any atom is 0.225 e. The van der Waals surface area contributed by atoms with Gasteiger partial charge < -0.3 is 5.21 Å². The lowest BCUT2D eigenvalue weighted by molar-refractivity contribution is -0.577. The molecule has 1 heterocycles. The zero-order valence-corrected chi connectivity index (χ0v) is 7.66. The van der Waals surface area contributed by atoms with E-state index in [9.17, 15) is 5.21 Å². The van der Waals surface area contributed by atoms with Crippen molar-refractivity contribution in [3.63, 3.8) is 0 Å². The van der Waals surface area contributed by atoms with Crippen molar-refractivity contribution < 1.29 is 4.73 Å². The summed E-state index contributed by atoms with van der Waals surface area (Å²) < 4.78 is 0.756. The Hall–Kier alpha value is -2.37. The predicted octanol–water partition coefficient (Wildman–Crippen LogP) is 2.50. The zero-order valence-electron chi connectivity index (χ0n) is 7.66. The molecule has 15 heavy (non-hydrogen) atoms. The standard InChI is InChI=1S/C9H7N5O/c10-12-13-11-8-4-1-5-9-7(8)3-2-6-14(9)15/h1-6,10H. The molecular formula is C9H7N5O. The fourth-order valence-corrected chi connectivity index (χ4v) is 1.36. The van der Waals surface area contributed by atoms with E-state index in [1.165, 1.54) is 6.20 Å². The van der Waals surface area contributed by atoms with Gasteiger partial charge in [-0.3, -0.25) is 0 Å². The lowest BCUT2D eigenvalue weighted by atomic mass is 10.2. The minimum Gasteiger partial charge on any atom is -0.618 e. The number of pyridine rings is 1. The second-order valence-corrected chi connectivity index (χ2v) is 2.83. The van der Waals surface area contributed by atoms with Crippen molar-refractivity contribution in [3.8, 4) is 0 Å². The van der Waals surface area contributed by atoms with Crippen LogP contribution in [0.1, 0.15) is 0 Å². The zero-order chi connectivity index (χ0) is 10.7. The first-order chi connectivity index (χ1) is 7.33. The molecule has 6 heteroatoms. The summed E-state index contributed by atoms with van der Waals surface area (Å²) in [7, 11) is 0. The number of benzene rings is 1. The molecule has 0 spiro atoms. The molecule has 74 valence electrons. The Labute approximate surface area is 84.9 Å². The van der Waals surface area contributed by atoms with Crippen LogP contribution in [0, 0.1) is 10.7 Å². The average molecular weight is 201 g/mol. The molecule has 0 aliphatic carbocycles. The van der Waals surface area contributed by atoms with Crippen LogP contribution < -0.4 is 4.73 Å². The highest BCUT2D eigenvalue weighted by atomic mass is 16.5. The van der Waals surface area contributed by atoms with Crippen LogP contribution in [0.3, 0.4) is 0 Å². The summed E-state index contributed by atoms with van der Waals surface area (Å²) in [6, 6.07) is 8.50. The molecule has 6 nitrogen and oxygen atoms in total. The van der Waals surface area contributed by atoms with Gasteiger partial charge in [0.05, 0.1) is 5.39 Å². The molecule has 0 saturated carbocycles. The van der Waals surface area contributed by atoms with Crippen LogP contribution in [0.25, 0.3) is 10.9 Å². The van der Waals surface area contributed by atoms with Crippen molar-refractivity contribution in [2.24, 2.45) is 15.6 Å². The first-order valence-corrected chi connectivity index (χ1v) is 4.21. The van der Waals surface area contributed by atoms with Crippen molar-refractivity contribution >= 4 is 16.6 Å². The van der Waals surface area contributed by atoms with Gasteiger partial charge in [0.2, 0.25) is 5.52 Å². The molecule has 0 aliphatic heterocycles. The topological polar surface area (TPSA) is 87.9 Å². The van der Waals surface area contributed by atoms with E-state index in [1.54, 1.807) is 30.3 Å². The Morgan fingerprint density at radius 2 is 2.07 bits per heavy atom. The molecule has 0 radical (unpaired) electrons. The average Bonchev–Trinajstić information content (AvgIpc) is 2.27. The van der Waals surface area contributed by atoms with Gasteiger partial charge in [-0.15, -0.1) is 5.11 Å². The first-order valence-electron chi connectivity index (χ1n) is 4.21. The number of hydrogen-bond donors (Lipinski definition) is 1. The lowest BCUT2D eigenvalue weighted by Crippen LogP contribution is -2.25. The predicted molar refractivity (Wildman–Crippen MR) is 52.6 cm³/mol. The molecule has 2 rings (SSSR count). The van der Waals surface area contributed by atoms with E-state index in [0.29, 0.717) is 16.6 Å². The Balaban J connectivity index is 2.71. The van der Waals surface area contributed by atoms with E-state index < -0.39 is 0 Å². The summed E-state index contributed by atoms with van der Waals surface area (Å²) in [5, 5.41) is 21.8. The van der Waals surface area contributed by atoms with Crippen molar-refractivity contribution in [2.75, 3.05) is 0 Å². The van der Waals surface area contributed by atoms with Gasteiger partial charge in [0.25, 0.3) is 0 Å². The third-order valence-corrected chi connectivity index (χ3v) is 1.98. The van der Waals surface area contributed by atoms with Crippen molar-refractivity contribution in [3.05, 3.63) is 41.7 Å². The SMILES string of the molecule is N=NN=Nc1cccc2c1ccc[n+]2[O-]. The number of nitrogens with one attached hydrogen (secondary N) is 1. The van der Waals surface area contributed by atoms with Gasteiger partial charge in [-0.05, 0) is 22.6 Å². The van der Waals surface area contributed by atoms with Crippen molar-refractivity contribution in [1.29, 1.82) is 5.53 Å². The van der Waals surface area contributed by atoms with Gasteiger partial charge in [-0.25, -0.2) is 0 Å². The molecule has 1 aromatic carbocycles. The van der Waals surface area contributed by atoms with Crippen LogP contribution in [0.5, 0.6) is 0 Å². The van der Waals surface area contributed by atoms with Crippen LogP contribution in [0.4, 0.5) is 5.69 Å². The fraction of sp³-hybridized carbons (Fsp3) is 0. The molecule has 0 amide bonds. The highest BCUT2D eigenvalue weighted by Crippen LogP contribution is 2.23. The Morgan fingerprint density at radius 3 is 2.87 bits per heavy atom. The molecule has 0 aliphatic rings. The highest BCUT2D eigenvalue weighted by molar-refractivity contribution is 5.87. The number of aromatic nitrogens is 1. The number of hydrogen-bond acceptors (Lipinski definition) is 3. The second kappa shape index (κ2) is 3.79. The van der Waals surface area contributed by atoms with Crippen molar-refractivity contribution in [2.45, 2.75) is 0 Å². The Kier molecular flexibility index (Phi) is 2.32. The molecule has 0 fully saturated rings. The summed E-state index contributed by atoms with van der Waals surface area (Å²) in [5.74, 6) is 0. The van der Waals surface area contributed by atoms with Crippen LogP contribution in [-0.2, 0) is 0 Å². The van der Waals surface area contributed by atoms with Crippen molar-refractivity contribution in [1.82, 2.24) is 0 Å². The van der Waals surface area contributed by atoms with Gasteiger partial charge in [0, 0.05) is 12.1 Å². The van der Waals surface area contributed by atoms with Crippen LogP contribution in [0.15, 0.2) is 52.1 Å². The summed E-state index contributed by atoms with van der Waals surface area (Å²) in [5.41, 5.74) is 7.53. The van der Waals surface area contributed by atoms with E-state index >= 15 is 0 Å². The van der Waals surface area contributed by atoms with E-state index in [0.717, 1.165) is 4.73 Å². The number of fused-ring (bicyclic) bond motifs is 1. The molecule has 0 bridgehead atoms. The normalized spacial score (nSPS) is 10.9. The maximum absolute atomic E-state index is 11.4. The Bertz CT molecular complexity index is 537. The Morgan fingerprint density at radius 1 is 1.20 bits per heavy atom. The molecule has 2 aromatic rings. The smallest absolute Gasteiger partial charge is 0.225 e. The van der Waals surface area contributed by atoms with Crippen LogP contribution in [0.2, 0.25) is 0 Å². The number of rotatable bonds is 2. The van der Waals surface area contributed by atoms with Gasteiger partial charge in [0.15, 0.2) is 6.20 Å². The molecule has 0 atom stereocenters. The number of nitrogens with zero attached hydrogens (tertiary/aromatic N) is 4. The molecule has 0 unspecified atom stereocenters. The quantitative estimate of drug-likeness (QED) is 0.344. The third kappa shape index (κ3) is 1.64. The molecule has 1 N–H and O–H groups in total. The fourth-order valence-electron chi connectivity index (χ4n) is 1.36. The van der Waals surface area contributed by atoms with Crippen LogP contribution in [-0.4, -0.2) is 0 Å². The van der Waals surface area contributed by atoms with E-state index in [4.69, 9.17) is 5.53 Å². The van der Waals surface area contributed by atoms with E-state index in [2.05, 4.69) is 15.6 Å². The largest absolute Gasteiger partial charge is 0.618 e. The van der Waals surface area contributed by atoms with Gasteiger partial charge in [-0.1, -0.05) is 6.07 Å². The lowest BCUT2D eigenvalue weighted by Gasteiger charge is -2.01. The summed E-state index contributed by atoms with van der Waals surface area (Å²) >= 11 is 0. The minimum atomic E-state index is 0.513. The van der Waals surface area contributed by atoms with E-state index in [-0.39, 0.29) is 0 Å². The third-order valence-electron chi connectivity index (χ3n) is 1.98. The summed E-state index contributed by atoms with van der Waals surface area (Å²) in [6.07, 6.45) is 1.41. The monoisotopic (exact) mass is 201 g/mol. The van der Waals surface area contributed by atoms with Gasteiger partial charge >= 0.3 is 0 Å². The van der Waals surface area contributed by atoms with Crippen LogP contribution >= 0.6 is 0 Å². The van der Waals surface area contributed by atoms with Gasteiger partial charge in [0.1, 0.15) is 5.69 Å². The minimum absolute atomic E-state index is 0.513. The molecular weight excluding hydrogens is 194 g/mol. The maximum atomic E-state index is 11.4.